The maximum Gasteiger partial charge on any atom is 0.269 e. The molecule has 0 atom stereocenters. The van der Waals surface area contributed by atoms with Crippen LogP contribution in [-0.4, -0.2) is 14.1 Å². The molecule has 1 aromatic carbocycles. The highest BCUT2D eigenvalue weighted by Gasteiger charge is 2.34. The summed E-state index contributed by atoms with van der Waals surface area (Å²) in [6.45, 7) is -1.60. The average Bonchev–Trinajstić information content (AvgIpc) is 3.16. The molecule has 0 bridgehead atoms. The van der Waals surface area contributed by atoms with E-state index in [9.17, 15) is 0 Å². The molecule has 0 N–H and O–H groups in total. The Hall–Kier alpha value is -2.62. The van der Waals surface area contributed by atoms with Gasteiger partial charge < -0.3 is 0 Å². The Morgan fingerprint density at radius 1 is 1.19 bits per heavy atom. The lowest BCUT2D eigenvalue weighted by atomic mass is 10.2. The van der Waals surface area contributed by atoms with E-state index in [0.29, 0.717) is 6.54 Å². The number of pyridine rings is 1. The molecule has 1 aliphatic heterocycles. The van der Waals surface area contributed by atoms with E-state index < -0.39 is 6.98 Å². The molecular formula is C17H15N4+. The molecule has 0 unspecified atom stereocenters. The predicted molar refractivity (Wildman–Crippen MR) is 81.9 cm³/mol. The second kappa shape index (κ2) is 3.52. The van der Waals surface area contributed by atoms with Gasteiger partial charge in [-0.2, -0.15) is 0 Å². The molecule has 3 aromatic heterocycles. The summed E-state index contributed by atoms with van der Waals surface area (Å²) < 4.78 is 29.8. The summed E-state index contributed by atoms with van der Waals surface area (Å²) in [5.41, 5.74) is 4.45. The number of aryl methyl sites for hydroxylation is 2. The van der Waals surface area contributed by atoms with Gasteiger partial charge in [0, 0.05) is 11.8 Å². The van der Waals surface area contributed by atoms with Crippen LogP contribution in [0.4, 0.5) is 0 Å². The number of aromatic nitrogens is 4. The van der Waals surface area contributed by atoms with Crippen molar-refractivity contribution in [1.29, 1.82) is 0 Å². The molecule has 5 rings (SSSR count). The molecule has 4 heterocycles. The van der Waals surface area contributed by atoms with Crippen LogP contribution in [0, 0.1) is 0 Å². The molecule has 4 heteroatoms. The Labute approximate surface area is 126 Å². The maximum atomic E-state index is 8.04. The molecule has 102 valence electrons. The minimum absolute atomic E-state index is 0.641. The molecule has 0 saturated carbocycles. The molecule has 0 saturated heterocycles. The third kappa shape index (κ3) is 1.17. The van der Waals surface area contributed by atoms with Gasteiger partial charge in [-0.25, -0.2) is 9.55 Å². The van der Waals surface area contributed by atoms with Gasteiger partial charge in [0.15, 0.2) is 5.52 Å². The third-order valence-corrected chi connectivity index (χ3v) is 4.42. The van der Waals surface area contributed by atoms with Crippen LogP contribution in [0.5, 0.6) is 0 Å². The van der Waals surface area contributed by atoms with Crippen molar-refractivity contribution < 1.29 is 8.68 Å². The molecular weight excluding hydrogens is 260 g/mol. The van der Waals surface area contributed by atoms with Crippen molar-refractivity contribution in [1.82, 2.24) is 14.1 Å². The van der Waals surface area contributed by atoms with Crippen LogP contribution < -0.4 is 4.57 Å². The number of para-hydroxylation sites is 1. The number of imidazole rings is 1. The molecule has 4 aromatic rings. The molecule has 0 radical (unpaired) electrons. The van der Waals surface area contributed by atoms with E-state index in [2.05, 4.69) is 14.1 Å². The fourth-order valence-corrected chi connectivity index (χ4v) is 3.55. The standard InChI is InChI=1S/C17H15N4/c1-19-13-8-4-3-7-12(13)15-17(19)21-10-11-6-5-9-18-14(11)16(21)20(15)2/h3-9H,10H2,1-2H3/q+1/i1D3. The summed E-state index contributed by atoms with van der Waals surface area (Å²) in [4.78, 5) is 4.52. The average molecular weight is 278 g/mol. The number of fused-ring (bicyclic) bond motifs is 7. The first kappa shape index (κ1) is 8.62. The van der Waals surface area contributed by atoms with Gasteiger partial charge in [0.25, 0.3) is 11.5 Å². The van der Waals surface area contributed by atoms with Crippen LogP contribution in [0.3, 0.4) is 0 Å². The first-order valence-electron chi connectivity index (χ1n) is 8.45. The van der Waals surface area contributed by atoms with Crippen molar-refractivity contribution in [3.63, 3.8) is 0 Å². The summed E-state index contributed by atoms with van der Waals surface area (Å²) in [5, 5.41) is 0.950. The highest BCUT2D eigenvalue weighted by atomic mass is 15.2. The summed E-state index contributed by atoms with van der Waals surface area (Å²) in [6.07, 6.45) is 1.78. The van der Waals surface area contributed by atoms with E-state index in [1.807, 2.05) is 43.4 Å². The van der Waals surface area contributed by atoms with Gasteiger partial charge in [0.1, 0.15) is 11.2 Å². The molecule has 0 amide bonds. The first-order valence-corrected chi connectivity index (χ1v) is 6.95. The van der Waals surface area contributed by atoms with Crippen molar-refractivity contribution in [3.05, 3.63) is 48.2 Å². The van der Waals surface area contributed by atoms with Gasteiger partial charge >= 0.3 is 0 Å². The van der Waals surface area contributed by atoms with E-state index in [1.54, 1.807) is 6.20 Å². The predicted octanol–water partition coefficient (Wildman–Crippen LogP) is 2.38. The van der Waals surface area contributed by atoms with E-state index >= 15 is 0 Å². The lowest BCUT2D eigenvalue weighted by Crippen LogP contribution is -2.33. The number of rotatable bonds is 0. The normalized spacial score (nSPS) is 15.8. The summed E-state index contributed by atoms with van der Waals surface area (Å²) in [6, 6.07) is 11.6. The number of hydrogen-bond donors (Lipinski definition) is 0. The van der Waals surface area contributed by atoms with Crippen molar-refractivity contribution >= 4 is 22.1 Å². The van der Waals surface area contributed by atoms with Gasteiger partial charge in [0.05, 0.1) is 30.1 Å². The Balaban J connectivity index is 2.02. The molecule has 0 spiro atoms. The third-order valence-electron chi connectivity index (χ3n) is 4.42. The van der Waals surface area contributed by atoms with E-state index in [1.165, 1.54) is 4.57 Å². The lowest BCUT2D eigenvalue weighted by Gasteiger charge is -1.97. The quantitative estimate of drug-likeness (QED) is 0.399. The minimum atomic E-state index is -2.24. The summed E-state index contributed by atoms with van der Waals surface area (Å²) in [7, 11) is 1.98. The molecule has 0 aliphatic carbocycles. The van der Waals surface area contributed by atoms with Crippen molar-refractivity contribution in [2.24, 2.45) is 14.0 Å². The fraction of sp³-hybridized carbons (Fsp3) is 0.176. The van der Waals surface area contributed by atoms with Crippen molar-refractivity contribution in [2.75, 3.05) is 0 Å². The van der Waals surface area contributed by atoms with E-state index in [-0.39, 0.29) is 0 Å². The summed E-state index contributed by atoms with van der Waals surface area (Å²) >= 11 is 0. The van der Waals surface area contributed by atoms with Gasteiger partial charge in [-0.15, -0.1) is 0 Å². The topological polar surface area (TPSA) is 26.6 Å². The van der Waals surface area contributed by atoms with Crippen LogP contribution in [0.15, 0.2) is 42.6 Å². The molecule has 21 heavy (non-hydrogen) atoms. The largest absolute Gasteiger partial charge is 0.269 e. The second-order valence-corrected chi connectivity index (χ2v) is 5.50. The highest BCUT2D eigenvalue weighted by Crippen LogP contribution is 2.33. The maximum absolute atomic E-state index is 8.04. The Bertz CT molecular complexity index is 1130. The number of nitrogens with zero attached hydrogens (tertiary/aromatic N) is 4. The SMILES string of the molecule is [2H]C([2H])([2H])n1c2ccccc2c2c1[n+]1c(n2C)-c2ncccc2C1. The number of hydrogen-bond acceptors (Lipinski definition) is 1. The monoisotopic (exact) mass is 278 g/mol. The fourth-order valence-electron chi connectivity index (χ4n) is 3.55. The molecule has 4 nitrogen and oxygen atoms in total. The zero-order valence-corrected chi connectivity index (χ0v) is 11.5. The minimum Gasteiger partial charge on any atom is -0.259 e. The molecule has 0 fully saturated rings. The Kier molecular flexibility index (Phi) is 1.45. The van der Waals surface area contributed by atoms with Crippen LogP contribution in [0.2, 0.25) is 0 Å². The van der Waals surface area contributed by atoms with Gasteiger partial charge in [-0.3, -0.25) is 9.13 Å². The van der Waals surface area contributed by atoms with Gasteiger partial charge in [-0.05, 0) is 18.2 Å². The van der Waals surface area contributed by atoms with Crippen LogP contribution >= 0.6 is 0 Å². The van der Waals surface area contributed by atoms with Crippen molar-refractivity contribution in [3.8, 4) is 11.5 Å². The Morgan fingerprint density at radius 2 is 2.10 bits per heavy atom. The molecule has 1 aliphatic rings. The first-order chi connectivity index (χ1) is 11.5. The van der Waals surface area contributed by atoms with Crippen molar-refractivity contribution in [2.45, 2.75) is 6.54 Å². The summed E-state index contributed by atoms with van der Waals surface area (Å²) in [5.74, 6) is 0.958. The highest BCUT2D eigenvalue weighted by molar-refractivity contribution is 6.04. The zero-order valence-electron chi connectivity index (χ0n) is 14.5. The number of benzene rings is 1. The van der Waals surface area contributed by atoms with E-state index in [4.69, 9.17) is 4.11 Å². The zero-order chi connectivity index (χ0) is 16.6. The van der Waals surface area contributed by atoms with Gasteiger partial charge in [0.2, 0.25) is 0 Å². The van der Waals surface area contributed by atoms with Crippen LogP contribution in [0.1, 0.15) is 9.68 Å². The Morgan fingerprint density at radius 3 is 3.00 bits per heavy atom. The smallest absolute Gasteiger partial charge is 0.259 e. The second-order valence-electron chi connectivity index (χ2n) is 5.50. The van der Waals surface area contributed by atoms with E-state index in [0.717, 1.165) is 39.1 Å². The van der Waals surface area contributed by atoms with Crippen LogP contribution in [-0.2, 0) is 20.6 Å². The van der Waals surface area contributed by atoms with Crippen LogP contribution in [0.25, 0.3) is 33.6 Å². The van der Waals surface area contributed by atoms with Gasteiger partial charge in [-0.1, -0.05) is 18.2 Å². The lowest BCUT2D eigenvalue weighted by molar-refractivity contribution is -0.648.